The molecule has 0 spiro atoms. The molecular weight excluding hydrogens is 306 g/mol. The zero-order valence-corrected chi connectivity index (χ0v) is 14.0. The highest BCUT2D eigenvalue weighted by Gasteiger charge is 2.40. The number of sulfonamides is 1. The first-order valence-electron chi connectivity index (χ1n) is 6.94. The molecule has 0 atom stereocenters. The standard InChI is InChI=1S/C14H19N3O2S2/c1-10-14(11(2)16(3)15-10)21(18,19)17(13-4-5-13)8-12-6-7-20-9-12/h6-7,9,13H,4-5,8H2,1-3H3. The summed E-state index contributed by atoms with van der Waals surface area (Å²) >= 11 is 1.59. The van der Waals surface area contributed by atoms with Crippen molar-refractivity contribution in [2.45, 2.75) is 44.2 Å². The lowest BCUT2D eigenvalue weighted by Gasteiger charge is -2.21. The summed E-state index contributed by atoms with van der Waals surface area (Å²) in [7, 11) is -1.72. The van der Waals surface area contributed by atoms with E-state index < -0.39 is 10.0 Å². The Morgan fingerprint density at radius 2 is 2.14 bits per heavy atom. The van der Waals surface area contributed by atoms with Crippen molar-refractivity contribution in [2.24, 2.45) is 7.05 Å². The average Bonchev–Trinajstić information content (AvgIpc) is 3.03. The van der Waals surface area contributed by atoms with E-state index in [0.717, 1.165) is 18.4 Å². The highest BCUT2D eigenvalue weighted by atomic mass is 32.2. The van der Waals surface area contributed by atoms with Crippen LogP contribution in [0.5, 0.6) is 0 Å². The third-order valence-corrected chi connectivity index (χ3v) is 6.77. The second kappa shape index (κ2) is 5.23. The summed E-state index contributed by atoms with van der Waals surface area (Å²) in [5, 5.41) is 8.24. The van der Waals surface area contributed by atoms with E-state index >= 15 is 0 Å². The number of rotatable bonds is 5. The molecule has 0 aromatic carbocycles. The highest BCUT2D eigenvalue weighted by Crippen LogP contribution is 2.35. The smallest absolute Gasteiger partial charge is 0.247 e. The van der Waals surface area contributed by atoms with Crippen molar-refractivity contribution in [2.75, 3.05) is 0 Å². The molecule has 114 valence electrons. The van der Waals surface area contributed by atoms with Crippen LogP contribution >= 0.6 is 11.3 Å². The summed E-state index contributed by atoms with van der Waals surface area (Å²) in [6.07, 6.45) is 1.89. The van der Waals surface area contributed by atoms with E-state index in [-0.39, 0.29) is 6.04 Å². The second-order valence-corrected chi connectivity index (χ2v) is 8.14. The molecule has 0 radical (unpaired) electrons. The van der Waals surface area contributed by atoms with E-state index in [9.17, 15) is 8.42 Å². The maximum absolute atomic E-state index is 13.1. The predicted octanol–water partition coefficient (Wildman–Crippen LogP) is 2.45. The van der Waals surface area contributed by atoms with Gasteiger partial charge in [-0.05, 0) is 49.1 Å². The molecule has 0 amide bonds. The van der Waals surface area contributed by atoms with Crippen LogP contribution in [0.2, 0.25) is 0 Å². The summed E-state index contributed by atoms with van der Waals surface area (Å²) in [6.45, 7) is 4.02. The van der Waals surface area contributed by atoms with Gasteiger partial charge in [0.05, 0.1) is 11.4 Å². The van der Waals surface area contributed by atoms with Crippen LogP contribution < -0.4 is 0 Å². The van der Waals surface area contributed by atoms with Crippen molar-refractivity contribution in [1.29, 1.82) is 0 Å². The Morgan fingerprint density at radius 3 is 2.62 bits per heavy atom. The van der Waals surface area contributed by atoms with E-state index in [0.29, 0.717) is 22.8 Å². The van der Waals surface area contributed by atoms with Crippen LogP contribution in [-0.2, 0) is 23.6 Å². The minimum absolute atomic E-state index is 0.133. The predicted molar refractivity (Wildman–Crippen MR) is 82.8 cm³/mol. The molecule has 0 saturated heterocycles. The van der Waals surface area contributed by atoms with Gasteiger partial charge in [-0.1, -0.05) is 0 Å². The van der Waals surface area contributed by atoms with E-state index in [2.05, 4.69) is 5.10 Å². The lowest BCUT2D eigenvalue weighted by Crippen LogP contribution is -2.33. The van der Waals surface area contributed by atoms with Crippen molar-refractivity contribution >= 4 is 21.4 Å². The van der Waals surface area contributed by atoms with Crippen LogP contribution in [0, 0.1) is 13.8 Å². The van der Waals surface area contributed by atoms with Crippen LogP contribution in [0.1, 0.15) is 29.8 Å². The van der Waals surface area contributed by atoms with Crippen LogP contribution in [0.25, 0.3) is 0 Å². The zero-order chi connectivity index (χ0) is 15.2. The second-order valence-electron chi connectivity index (χ2n) is 5.54. The zero-order valence-electron chi connectivity index (χ0n) is 12.4. The number of hydrogen-bond acceptors (Lipinski definition) is 4. The van der Waals surface area contributed by atoms with Gasteiger partial charge in [-0.3, -0.25) is 4.68 Å². The first kappa shape index (κ1) is 14.7. The van der Waals surface area contributed by atoms with Crippen LogP contribution in [0.4, 0.5) is 0 Å². The van der Waals surface area contributed by atoms with E-state index in [4.69, 9.17) is 0 Å². The van der Waals surface area contributed by atoms with E-state index in [1.54, 1.807) is 34.3 Å². The first-order valence-corrected chi connectivity index (χ1v) is 9.32. The number of aromatic nitrogens is 2. The van der Waals surface area contributed by atoms with E-state index in [1.807, 2.05) is 23.8 Å². The number of nitrogens with zero attached hydrogens (tertiary/aromatic N) is 3. The molecule has 0 bridgehead atoms. The SMILES string of the molecule is Cc1nn(C)c(C)c1S(=O)(=O)N(Cc1ccsc1)C1CC1. The van der Waals surface area contributed by atoms with Gasteiger partial charge in [0.15, 0.2) is 0 Å². The number of hydrogen-bond donors (Lipinski definition) is 0. The third kappa shape index (κ3) is 2.65. The summed E-state index contributed by atoms with van der Waals surface area (Å²) < 4.78 is 29.4. The molecule has 0 unspecified atom stereocenters. The van der Waals surface area contributed by atoms with Crippen LogP contribution in [0.15, 0.2) is 21.7 Å². The maximum Gasteiger partial charge on any atom is 0.247 e. The topological polar surface area (TPSA) is 55.2 Å². The fraction of sp³-hybridized carbons (Fsp3) is 0.500. The van der Waals surface area contributed by atoms with Crippen molar-refractivity contribution < 1.29 is 8.42 Å². The minimum atomic E-state index is -3.50. The minimum Gasteiger partial charge on any atom is -0.271 e. The van der Waals surface area contributed by atoms with Crippen LogP contribution in [0.3, 0.4) is 0 Å². The van der Waals surface area contributed by atoms with E-state index in [1.165, 1.54) is 0 Å². The van der Waals surface area contributed by atoms with Gasteiger partial charge < -0.3 is 0 Å². The van der Waals surface area contributed by atoms with Gasteiger partial charge in [0.25, 0.3) is 0 Å². The van der Waals surface area contributed by atoms with Gasteiger partial charge in [-0.2, -0.15) is 20.7 Å². The van der Waals surface area contributed by atoms with Gasteiger partial charge in [0.2, 0.25) is 10.0 Å². The fourth-order valence-corrected chi connectivity index (χ4v) is 5.32. The Balaban J connectivity index is 2.01. The molecule has 2 heterocycles. The molecule has 2 aromatic heterocycles. The van der Waals surface area contributed by atoms with Gasteiger partial charge in [-0.15, -0.1) is 0 Å². The summed E-state index contributed by atoms with van der Waals surface area (Å²) in [5.74, 6) is 0. The molecule has 0 N–H and O–H groups in total. The maximum atomic E-state index is 13.1. The molecule has 2 aromatic rings. The third-order valence-electron chi connectivity index (χ3n) is 3.88. The highest BCUT2D eigenvalue weighted by molar-refractivity contribution is 7.89. The average molecular weight is 325 g/mol. The monoisotopic (exact) mass is 325 g/mol. The molecule has 1 aliphatic carbocycles. The lowest BCUT2D eigenvalue weighted by atomic mass is 10.3. The number of aryl methyl sites for hydroxylation is 2. The van der Waals surface area contributed by atoms with Gasteiger partial charge >= 0.3 is 0 Å². The molecule has 3 rings (SSSR count). The van der Waals surface area contributed by atoms with Gasteiger partial charge in [0.1, 0.15) is 4.90 Å². The summed E-state index contributed by atoms with van der Waals surface area (Å²) in [5.41, 5.74) is 2.32. The Labute approximate surface area is 129 Å². The van der Waals surface area contributed by atoms with Crippen LogP contribution in [-0.4, -0.2) is 28.5 Å². The quantitative estimate of drug-likeness (QED) is 0.848. The van der Waals surface area contributed by atoms with Crippen molar-refractivity contribution in [3.05, 3.63) is 33.8 Å². The van der Waals surface area contributed by atoms with Crippen molar-refractivity contribution in [3.8, 4) is 0 Å². The first-order chi connectivity index (χ1) is 9.91. The van der Waals surface area contributed by atoms with Gasteiger partial charge in [-0.25, -0.2) is 8.42 Å². The lowest BCUT2D eigenvalue weighted by molar-refractivity contribution is 0.398. The summed E-state index contributed by atoms with van der Waals surface area (Å²) in [4.78, 5) is 0.368. The molecule has 1 saturated carbocycles. The normalized spacial score (nSPS) is 15.8. The fourth-order valence-electron chi connectivity index (χ4n) is 2.58. The molecule has 21 heavy (non-hydrogen) atoms. The van der Waals surface area contributed by atoms with Crippen molar-refractivity contribution in [1.82, 2.24) is 14.1 Å². The molecular formula is C14H19N3O2S2. The molecule has 0 aliphatic heterocycles. The Kier molecular flexibility index (Phi) is 3.67. The number of thiophene rings is 1. The molecule has 7 heteroatoms. The molecule has 1 fully saturated rings. The van der Waals surface area contributed by atoms with Gasteiger partial charge in [0, 0.05) is 19.6 Å². The Morgan fingerprint density at radius 1 is 1.43 bits per heavy atom. The molecule has 1 aliphatic rings. The largest absolute Gasteiger partial charge is 0.271 e. The Bertz CT molecular complexity index is 744. The van der Waals surface area contributed by atoms with Crippen molar-refractivity contribution in [3.63, 3.8) is 0 Å². The Hall–Kier alpha value is -1.18. The molecule has 5 nitrogen and oxygen atoms in total. The summed E-state index contributed by atoms with van der Waals surface area (Å²) in [6, 6.07) is 2.12.